The van der Waals surface area contributed by atoms with Gasteiger partial charge >= 0.3 is 0 Å². The third kappa shape index (κ3) is 2.55. The number of rotatable bonds is 3. The molecule has 76 valence electrons. The van der Waals surface area contributed by atoms with Crippen LogP contribution in [-0.2, 0) is 0 Å². The van der Waals surface area contributed by atoms with E-state index in [0.717, 1.165) is 18.2 Å². The van der Waals surface area contributed by atoms with E-state index in [1.54, 1.807) is 6.20 Å². The largest absolute Gasteiger partial charge is 0.382 e. The Morgan fingerprint density at radius 3 is 3.29 bits per heavy atom. The molecule has 1 N–H and O–H groups in total. The first-order valence-corrected chi connectivity index (χ1v) is 6.31. The zero-order valence-electron chi connectivity index (χ0n) is 7.87. The summed E-state index contributed by atoms with van der Waals surface area (Å²) in [6, 6.07) is 3.87. The van der Waals surface area contributed by atoms with Crippen molar-refractivity contribution in [3.63, 3.8) is 0 Å². The SMILES string of the molecule is Clc1ncccc1NCC1CCSC1. The molecular weight excluding hydrogens is 216 g/mol. The smallest absolute Gasteiger partial charge is 0.152 e. The lowest BCUT2D eigenvalue weighted by Crippen LogP contribution is -2.13. The molecule has 14 heavy (non-hydrogen) atoms. The lowest BCUT2D eigenvalue weighted by atomic mass is 10.1. The number of nitrogens with zero attached hydrogens (tertiary/aromatic N) is 1. The van der Waals surface area contributed by atoms with Gasteiger partial charge in [-0.05, 0) is 36.0 Å². The molecule has 0 spiro atoms. The highest BCUT2D eigenvalue weighted by molar-refractivity contribution is 7.99. The van der Waals surface area contributed by atoms with Gasteiger partial charge in [-0.1, -0.05) is 11.6 Å². The molecule has 1 aromatic heterocycles. The van der Waals surface area contributed by atoms with E-state index in [0.29, 0.717) is 5.15 Å². The first-order chi connectivity index (χ1) is 6.86. The Morgan fingerprint density at radius 2 is 2.57 bits per heavy atom. The van der Waals surface area contributed by atoms with Crippen molar-refractivity contribution in [3.8, 4) is 0 Å². The molecule has 1 aliphatic heterocycles. The first kappa shape index (κ1) is 10.1. The Balaban J connectivity index is 1.88. The fraction of sp³-hybridized carbons (Fsp3) is 0.500. The van der Waals surface area contributed by atoms with Crippen LogP contribution in [0.4, 0.5) is 5.69 Å². The van der Waals surface area contributed by atoms with Crippen molar-refractivity contribution < 1.29 is 0 Å². The summed E-state index contributed by atoms with van der Waals surface area (Å²) in [7, 11) is 0. The van der Waals surface area contributed by atoms with Gasteiger partial charge in [0.2, 0.25) is 0 Å². The van der Waals surface area contributed by atoms with Gasteiger partial charge < -0.3 is 5.32 Å². The minimum atomic E-state index is 0.568. The van der Waals surface area contributed by atoms with Crippen molar-refractivity contribution in [2.75, 3.05) is 23.4 Å². The standard InChI is InChI=1S/C10H13ClN2S/c11-10-9(2-1-4-12-10)13-6-8-3-5-14-7-8/h1-2,4,8,13H,3,5-7H2. The monoisotopic (exact) mass is 228 g/mol. The van der Waals surface area contributed by atoms with Gasteiger partial charge in [0.1, 0.15) is 0 Å². The van der Waals surface area contributed by atoms with Crippen molar-refractivity contribution in [1.82, 2.24) is 4.98 Å². The highest BCUT2D eigenvalue weighted by Crippen LogP contribution is 2.25. The second kappa shape index (κ2) is 4.89. The molecule has 1 fully saturated rings. The highest BCUT2D eigenvalue weighted by atomic mass is 35.5. The van der Waals surface area contributed by atoms with Gasteiger partial charge in [-0.15, -0.1) is 0 Å². The summed E-state index contributed by atoms with van der Waals surface area (Å²) in [6.07, 6.45) is 3.02. The van der Waals surface area contributed by atoms with E-state index in [9.17, 15) is 0 Å². The quantitative estimate of drug-likeness (QED) is 0.806. The third-order valence-electron chi connectivity index (χ3n) is 2.36. The van der Waals surface area contributed by atoms with E-state index >= 15 is 0 Å². The average molecular weight is 229 g/mol. The fourth-order valence-corrected chi connectivity index (χ4v) is 2.99. The molecule has 2 heterocycles. The zero-order valence-corrected chi connectivity index (χ0v) is 9.44. The maximum Gasteiger partial charge on any atom is 0.152 e. The van der Waals surface area contributed by atoms with Crippen LogP contribution in [0.15, 0.2) is 18.3 Å². The molecule has 0 aliphatic carbocycles. The molecule has 2 rings (SSSR count). The lowest BCUT2D eigenvalue weighted by molar-refractivity contribution is 0.632. The Morgan fingerprint density at radius 1 is 1.64 bits per heavy atom. The zero-order chi connectivity index (χ0) is 9.80. The summed E-state index contributed by atoms with van der Waals surface area (Å²) in [6.45, 7) is 1.01. The van der Waals surface area contributed by atoms with Crippen molar-refractivity contribution >= 4 is 29.1 Å². The van der Waals surface area contributed by atoms with Crippen LogP contribution in [0.5, 0.6) is 0 Å². The van der Waals surface area contributed by atoms with E-state index in [4.69, 9.17) is 11.6 Å². The topological polar surface area (TPSA) is 24.9 Å². The van der Waals surface area contributed by atoms with Crippen LogP contribution in [0.1, 0.15) is 6.42 Å². The van der Waals surface area contributed by atoms with E-state index in [1.807, 2.05) is 23.9 Å². The molecule has 1 unspecified atom stereocenters. The molecule has 1 atom stereocenters. The second-order valence-electron chi connectivity index (χ2n) is 3.45. The van der Waals surface area contributed by atoms with Crippen LogP contribution in [-0.4, -0.2) is 23.0 Å². The van der Waals surface area contributed by atoms with Gasteiger partial charge in [0.05, 0.1) is 5.69 Å². The maximum absolute atomic E-state index is 5.93. The Kier molecular flexibility index (Phi) is 3.54. The van der Waals surface area contributed by atoms with Gasteiger partial charge in [0.15, 0.2) is 5.15 Å². The van der Waals surface area contributed by atoms with Gasteiger partial charge in [-0.3, -0.25) is 0 Å². The molecule has 0 bridgehead atoms. The molecule has 0 aromatic carbocycles. The van der Waals surface area contributed by atoms with Crippen LogP contribution >= 0.6 is 23.4 Å². The summed E-state index contributed by atoms with van der Waals surface area (Å²) in [5.74, 6) is 3.36. The predicted molar refractivity (Wildman–Crippen MR) is 63.2 cm³/mol. The molecule has 0 amide bonds. The molecule has 4 heteroatoms. The molecule has 1 aliphatic rings. The van der Waals surface area contributed by atoms with Crippen molar-refractivity contribution in [1.29, 1.82) is 0 Å². The number of aromatic nitrogens is 1. The van der Waals surface area contributed by atoms with E-state index in [-0.39, 0.29) is 0 Å². The molecule has 1 saturated heterocycles. The predicted octanol–water partition coefficient (Wildman–Crippen LogP) is 2.90. The Labute approximate surface area is 93.4 Å². The van der Waals surface area contributed by atoms with E-state index in [1.165, 1.54) is 17.9 Å². The second-order valence-corrected chi connectivity index (χ2v) is 4.96. The van der Waals surface area contributed by atoms with Gasteiger partial charge in [0, 0.05) is 12.7 Å². The van der Waals surface area contributed by atoms with Crippen LogP contribution in [0, 0.1) is 5.92 Å². The summed E-state index contributed by atoms with van der Waals surface area (Å²) in [4.78, 5) is 4.02. The number of hydrogen-bond donors (Lipinski definition) is 1. The minimum absolute atomic E-state index is 0.568. The number of hydrogen-bond acceptors (Lipinski definition) is 3. The summed E-state index contributed by atoms with van der Waals surface area (Å²) in [5.41, 5.74) is 0.950. The van der Waals surface area contributed by atoms with Gasteiger partial charge in [-0.2, -0.15) is 11.8 Å². The number of thioether (sulfide) groups is 1. The Hall–Kier alpha value is -0.410. The molecule has 0 radical (unpaired) electrons. The first-order valence-electron chi connectivity index (χ1n) is 4.78. The van der Waals surface area contributed by atoms with Crippen LogP contribution < -0.4 is 5.32 Å². The highest BCUT2D eigenvalue weighted by Gasteiger charge is 2.15. The van der Waals surface area contributed by atoms with Crippen LogP contribution in [0.3, 0.4) is 0 Å². The maximum atomic E-state index is 5.93. The number of pyridine rings is 1. The van der Waals surface area contributed by atoms with Crippen molar-refractivity contribution in [2.24, 2.45) is 5.92 Å². The average Bonchev–Trinajstić information content (AvgIpc) is 2.69. The van der Waals surface area contributed by atoms with E-state index in [2.05, 4.69) is 10.3 Å². The summed E-state index contributed by atoms with van der Waals surface area (Å²) < 4.78 is 0. The number of anilines is 1. The van der Waals surface area contributed by atoms with Crippen LogP contribution in [0.2, 0.25) is 5.15 Å². The van der Waals surface area contributed by atoms with Crippen molar-refractivity contribution in [2.45, 2.75) is 6.42 Å². The van der Waals surface area contributed by atoms with E-state index < -0.39 is 0 Å². The minimum Gasteiger partial charge on any atom is -0.382 e. The number of halogens is 1. The Bertz CT molecular complexity index is 300. The van der Waals surface area contributed by atoms with Crippen molar-refractivity contribution in [3.05, 3.63) is 23.5 Å². The van der Waals surface area contributed by atoms with Gasteiger partial charge in [0.25, 0.3) is 0 Å². The lowest BCUT2D eigenvalue weighted by Gasteiger charge is -2.11. The summed E-state index contributed by atoms with van der Waals surface area (Å²) in [5, 5.41) is 3.91. The number of nitrogens with one attached hydrogen (secondary N) is 1. The molecular formula is C10H13ClN2S. The van der Waals surface area contributed by atoms with Gasteiger partial charge in [-0.25, -0.2) is 4.98 Å². The normalized spacial score (nSPS) is 21.1. The summed E-state index contributed by atoms with van der Waals surface area (Å²) >= 11 is 7.96. The molecule has 1 aromatic rings. The molecule has 2 nitrogen and oxygen atoms in total. The fourth-order valence-electron chi connectivity index (χ4n) is 1.52. The van der Waals surface area contributed by atoms with Crippen LogP contribution in [0.25, 0.3) is 0 Å². The third-order valence-corrected chi connectivity index (χ3v) is 3.90. The molecule has 0 saturated carbocycles.